The molecule has 1 rings (SSSR count). The summed E-state index contributed by atoms with van der Waals surface area (Å²) in [5.41, 5.74) is 6.45. The van der Waals surface area contributed by atoms with Crippen molar-refractivity contribution in [3.63, 3.8) is 0 Å². The maximum Gasteiger partial charge on any atom is 0.188 e. The van der Waals surface area contributed by atoms with Crippen molar-refractivity contribution in [1.29, 1.82) is 0 Å². The molecule has 0 aliphatic carbocycles. The van der Waals surface area contributed by atoms with E-state index in [-0.39, 0.29) is 6.54 Å². The van der Waals surface area contributed by atoms with E-state index < -0.39 is 5.60 Å². The highest BCUT2D eigenvalue weighted by Crippen LogP contribution is 2.19. The normalized spacial score (nSPS) is 15.0. The first-order valence-electron chi connectivity index (χ1n) is 4.80. The average molecular weight is 227 g/mol. The SMILES string of the molecule is Cc1cc(C)nc(SCC(C)(O)CN)n1. The lowest BCUT2D eigenvalue weighted by Gasteiger charge is -2.19. The Balaban J connectivity index is 2.65. The number of rotatable bonds is 4. The lowest BCUT2D eigenvalue weighted by Crippen LogP contribution is -2.36. The van der Waals surface area contributed by atoms with E-state index in [9.17, 15) is 5.11 Å². The third kappa shape index (κ3) is 4.15. The second-order valence-electron chi connectivity index (χ2n) is 3.92. The van der Waals surface area contributed by atoms with Crippen molar-refractivity contribution in [2.24, 2.45) is 5.73 Å². The zero-order valence-electron chi connectivity index (χ0n) is 9.32. The molecule has 1 heterocycles. The second-order valence-corrected chi connectivity index (χ2v) is 4.87. The predicted octanol–water partition coefficient (Wildman–Crippen LogP) is 0.895. The highest BCUT2D eigenvalue weighted by molar-refractivity contribution is 7.99. The molecule has 0 bridgehead atoms. The first-order chi connectivity index (χ1) is 6.93. The monoisotopic (exact) mass is 227 g/mol. The van der Waals surface area contributed by atoms with Crippen LogP contribution in [-0.4, -0.2) is 33.0 Å². The molecule has 1 unspecified atom stereocenters. The van der Waals surface area contributed by atoms with Gasteiger partial charge >= 0.3 is 0 Å². The molecule has 0 saturated carbocycles. The van der Waals surface area contributed by atoms with Crippen LogP contribution < -0.4 is 5.73 Å². The molecule has 0 saturated heterocycles. The van der Waals surface area contributed by atoms with Gasteiger partial charge in [-0.3, -0.25) is 0 Å². The van der Waals surface area contributed by atoms with Crippen LogP contribution in [0.25, 0.3) is 0 Å². The van der Waals surface area contributed by atoms with Crippen molar-refractivity contribution in [2.75, 3.05) is 12.3 Å². The van der Waals surface area contributed by atoms with Crippen LogP contribution in [0.15, 0.2) is 11.2 Å². The molecule has 15 heavy (non-hydrogen) atoms. The topological polar surface area (TPSA) is 72.0 Å². The van der Waals surface area contributed by atoms with Crippen LogP contribution in [0.3, 0.4) is 0 Å². The molecular weight excluding hydrogens is 210 g/mol. The van der Waals surface area contributed by atoms with Gasteiger partial charge in [-0.2, -0.15) is 0 Å². The van der Waals surface area contributed by atoms with E-state index in [1.54, 1.807) is 6.92 Å². The van der Waals surface area contributed by atoms with E-state index in [1.807, 2.05) is 19.9 Å². The van der Waals surface area contributed by atoms with Gasteiger partial charge in [-0.05, 0) is 26.8 Å². The van der Waals surface area contributed by atoms with Crippen molar-refractivity contribution in [2.45, 2.75) is 31.5 Å². The van der Waals surface area contributed by atoms with Crippen molar-refractivity contribution < 1.29 is 5.11 Å². The molecule has 5 heteroatoms. The number of hydrogen-bond donors (Lipinski definition) is 2. The Morgan fingerprint density at radius 1 is 1.40 bits per heavy atom. The summed E-state index contributed by atoms with van der Waals surface area (Å²) in [5.74, 6) is 0.506. The number of aromatic nitrogens is 2. The fourth-order valence-electron chi connectivity index (χ4n) is 1.04. The van der Waals surface area contributed by atoms with Crippen molar-refractivity contribution in [3.05, 3.63) is 17.5 Å². The molecule has 0 aliphatic heterocycles. The van der Waals surface area contributed by atoms with Gasteiger partial charge in [0.15, 0.2) is 5.16 Å². The fourth-order valence-corrected chi connectivity index (χ4v) is 2.01. The van der Waals surface area contributed by atoms with Gasteiger partial charge < -0.3 is 10.8 Å². The first-order valence-corrected chi connectivity index (χ1v) is 5.79. The van der Waals surface area contributed by atoms with Gasteiger partial charge in [0.2, 0.25) is 0 Å². The van der Waals surface area contributed by atoms with Gasteiger partial charge in [-0.25, -0.2) is 9.97 Å². The number of thioether (sulfide) groups is 1. The lowest BCUT2D eigenvalue weighted by molar-refractivity contribution is 0.0949. The molecule has 84 valence electrons. The minimum atomic E-state index is -0.855. The van der Waals surface area contributed by atoms with E-state index in [1.165, 1.54) is 11.8 Å². The van der Waals surface area contributed by atoms with E-state index in [0.29, 0.717) is 10.9 Å². The molecule has 4 nitrogen and oxygen atoms in total. The second kappa shape index (κ2) is 4.92. The van der Waals surface area contributed by atoms with Gasteiger partial charge in [0.05, 0.1) is 5.60 Å². The molecule has 0 aliphatic rings. The molecule has 1 aromatic heterocycles. The van der Waals surface area contributed by atoms with Gasteiger partial charge in [-0.15, -0.1) is 0 Å². The van der Waals surface area contributed by atoms with E-state index >= 15 is 0 Å². The highest BCUT2D eigenvalue weighted by atomic mass is 32.2. The van der Waals surface area contributed by atoms with E-state index in [4.69, 9.17) is 5.73 Å². The number of aryl methyl sites for hydroxylation is 2. The molecule has 0 aromatic carbocycles. The lowest BCUT2D eigenvalue weighted by atomic mass is 10.1. The fraction of sp³-hybridized carbons (Fsp3) is 0.600. The predicted molar refractivity (Wildman–Crippen MR) is 61.9 cm³/mol. The van der Waals surface area contributed by atoms with Crippen LogP contribution in [0.4, 0.5) is 0 Å². The molecular formula is C10H17N3OS. The number of hydrogen-bond acceptors (Lipinski definition) is 5. The summed E-state index contributed by atoms with van der Waals surface area (Å²) in [6.07, 6.45) is 0. The molecule has 1 aromatic rings. The summed E-state index contributed by atoms with van der Waals surface area (Å²) in [6, 6.07) is 1.92. The first kappa shape index (κ1) is 12.4. The molecule has 0 amide bonds. The van der Waals surface area contributed by atoms with Gasteiger partial charge in [0.1, 0.15) is 0 Å². The highest BCUT2D eigenvalue weighted by Gasteiger charge is 2.18. The Morgan fingerprint density at radius 3 is 2.40 bits per heavy atom. The van der Waals surface area contributed by atoms with Crippen LogP contribution in [0.2, 0.25) is 0 Å². The summed E-state index contributed by atoms with van der Waals surface area (Å²) in [6.45, 7) is 5.81. The largest absolute Gasteiger partial charge is 0.388 e. The molecule has 1 atom stereocenters. The maximum absolute atomic E-state index is 9.72. The minimum Gasteiger partial charge on any atom is -0.388 e. The summed E-state index contributed by atoms with van der Waals surface area (Å²) < 4.78 is 0. The standard InChI is InChI=1S/C10H17N3OS/c1-7-4-8(2)13-9(12-7)15-6-10(3,14)5-11/h4,14H,5-6,11H2,1-3H3. The maximum atomic E-state index is 9.72. The average Bonchev–Trinajstić information content (AvgIpc) is 2.14. The van der Waals surface area contributed by atoms with Crippen LogP contribution in [0.1, 0.15) is 18.3 Å². The quantitative estimate of drug-likeness (QED) is 0.590. The summed E-state index contributed by atoms with van der Waals surface area (Å²) in [5, 5.41) is 10.4. The third-order valence-electron chi connectivity index (χ3n) is 1.91. The smallest absolute Gasteiger partial charge is 0.188 e. The number of nitrogens with two attached hydrogens (primary N) is 1. The van der Waals surface area contributed by atoms with E-state index in [0.717, 1.165) is 11.4 Å². The number of aliphatic hydroxyl groups is 1. The molecule has 0 radical (unpaired) electrons. The van der Waals surface area contributed by atoms with E-state index in [2.05, 4.69) is 9.97 Å². The number of nitrogens with zero attached hydrogens (tertiary/aromatic N) is 2. The Bertz CT molecular complexity index is 321. The molecule has 0 fully saturated rings. The van der Waals surface area contributed by atoms with Crippen molar-refractivity contribution in [3.8, 4) is 0 Å². The van der Waals surface area contributed by atoms with Crippen LogP contribution in [0, 0.1) is 13.8 Å². The third-order valence-corrected chi connectivity index (χ3v) is 3.12. The van der Waals surface area contributed by atoms with Crippen LogP contribution in [0.5, 0.6) is 0 Å². The molecule has 0 spiro atoms. The van der Waals surface area contributed by atoms with Crippen molar-refractivity contribution in [1.82, 2.24) is 9.97 Å². The van der Waals surface area contributed by atoms with Gasteiger partial charge in [0, 0.05) is 23.7 Å². The Labute approximate surface area is 94.3 Å². The summed E-state index contributed by atoms with van der Waals surface area (Å²) in [4.78, 5) is 8.54. The Hall–Kier alpha value is -0.650. The minimum absolute atomic E-state index is 0.241. The zero-order valence-corrected chi connectivity index (χ0v) is 10.1. The summed E-state index contributed by atoms with van der Waals surface area (Å²) in [7, 11) is 0. The van der Waals surface area contributed by atoms with Crippen LogP contribution >= 0.6 is 11.8 Å². The van der Waals surface area contributed by atoms with Gasteiger partial charge in [-0.1, -0.05) is 11.8 Å². The zero-order chi connectivity index (χ0) is 11.5. The molecule has 3 N–H and O–H groups in total. The van der Waals surface area contributed by atoms with Crippen LogP contribution in [-0.2, 0) is 0 Å². The summed E-state index contributed by atoms with van der Waals surface area (Å²) >= 11 is 1.43. The van der Waals surface area contributed by atoms with Gasteiger partial charge in [0.25, 0.3) is 0 Å². The Kier molecular flexibility index (Phi) is 4.07. The Morgan fingerprint density at radius 2 is 1.93 bits per heavy atom. The van der Waals surface area contributed by atoms with Crippen molar-refractivity contribution >= 4 is 11.8 Å².